The number of rotatable bonds is 11. The van der Waals surface area contributed by atoms with Gasteiger partial charge in [0.25, 0.3) is 0 Å². The van der Waals surface area contributed by atoms with E-state index in [0.717, 1.165) is 83.2 Å². The number of benzene rings is 16. The highest BCUT2D eigenvalue weighted by atomic mass is 79.9. The first-order valence-electron chi connectivity index (χ1n) is 39.1. The molecule has 2 aliphatic heterocycles. The molecule has 6 heterocycles. The first-order valence-corrected chi connectivity index (χ1v) is 39.9. The lowest BCUT2D eigenvalue weighted by molar-refractivity contribution is 1.07. The molecule has 117 heavy (non-hydrogen) atoms. The number of para-hydroxylation sites is 8. The molecule has 20 aromatic rings. The normalized spacial score (nSPS) is 11.5. The second kappa shape index (κ2) is 31.3. The summed E-state index contributed by atoms with van der Waals surface area (Å²) in [6, 6.07) is 148. The van der Waals surface area contributed by atoms with Crippen molar-refractivity contribution in [2.45, 2.75) is 0 Å². The minimum atomic E-state index is 0.626. The van der Waals surface area contributed by atoms with Crippen LogP contribution in [0.2, 0.25) is 0 Å². The highest BCUT2D eigenvalue weighted by molar-refractivity contribution is 9.10. The van der Waals surface area contributed by atoms with Crippen molar-refractivity contribution >= 4 is 66.2 Å². The molecule has 0 fully saturated rings. The Balaban J connectivity index is 0.000000126. The van der Waals surface area contributed by atoms with E-state index in [1.165, 1.54) is 83.3 Å². The zero-order valence-corrected chi connectivity index (χ0v) is 64.9. The Morgan fingerprint density at radius 3 is 0.897 bits per heavy atom. The minimum Gasteiger partial charge on any atom is -0.354 e. The summed E-state index contributed by atoms with van der Waals surface area (Å²) in [5.74, 6) is 3.92. The Morgan fingerprint density at radius 1 is 0.205 bits per heavy atom. The number of anilines is 5. The van der Waals surface area contributed by atoms with Gasteiger partial charge in [0.15, 0.2) is 34.9 Å². The summed E-state index contributed by atoms with van der Waals surface area (Å²) >= 11 is 3.47. The van der Waals surface area contributed by atoms with Crippen LogP contribution in [0.4, 0.5) is 28.4 Å². The first-order chi connectivity index (χ1) is 58.0. The minimum absolute atomic E-state index is 0.626. The monoisotopic (exact) mass is 1560 g/mol. The van der Waals surface area contributed by atoms with Crippen molar-refractivity contribution in [3.8, 4) is 147 Å². The summed E-state index contributed by atoms with van der Waals surface area (Å²) in [7, 11) is 0. The molecule has 0 saturated heterocycles. The Bertz CT molecular complexity index is 6880. The molecule has 10 nitrogen and oxygen atoms in total. The van der Waals surface area contributed by atoms with Crippen molar-refractivity contribution in [1.82, 2.24) is 39.0 Å². The lowest BCUT2D eigenvalue weighted by atomic mass is 9.96. The van der Waals surface area contributed by atoms with Gasteiger partial charge >= 0.3 is 0 Å². The Morgan fingerprint density at radius 2 is 0.487 bits per heavy atom. The van der Waals surface area contributed by atoms with Crippen molar-refractivity contribution < 1.29 is 0 Å². The maximum atomic E-state index is 5.01. The SMILES string of the molecule is Brc1ccc(-c2nc(-c3ccccc3)nc(-c3ccccc3)n2)cc1.c1ccc(-c2cccc3c4c(n(-c5ccccc5)c23)-c2ccccc2Nc2ccccc2-4)cc1.c1ccc(-c2nc(-c3ccccc3)nc(-c3ccc(N4c5ccccc5-c5c(n(-c6ccccc6)c6c(-c7ccccc7)cccc56)-c5ccccc54)cc3)n2)cc1. The number of nitrogens with one attached hydrogen (secondary N) is 1. The molecule has 0 radical (unpaired) electrons. The molecule has 1 N–H and O–H groups in total. The summed E-state index contributed by atoms with van der Waals surface area (Å²) < 4.78 is 5.96. The van der Waals surface area contributed by atoms with Crippen molar-refractivity contribution in [2.24, 2.45) is 0 Å². The van der Waals surface area contributed by atoms with E-state index in [-0.39, 0.29) is 0 Å². The van der Waals surface area contributed by atoms with Gasteiger partial charge < -0.3 is 19.4 Å². The largest absolute Gasteiger partial charge is 0.354 e. The number of nitrogens with zero attached hydrogens (tertiary/aromatic N) is 9. The second-order valence-electron chi connectivity index (χ2n) is 28.6. The van der Waals surface area contributed by atoms with E-state index in [4.69, 9.17) is 24.9 Å². The van der Waals surface area contributed by atoms with Crippen LogP contribution in [0.3, 0.4) is 0 Å². The topological polar surface area (TPSA) is 102 Å². The van der Waals surface area contributed by atoms with Gasteiger partial charge in [-0.05, 0) is 96.1 Å². The average molecular weight is 1560 g/mol. The third-order valence-electron chi connectivity index (χ3n) is 21.5. The number of hydrogen-bond acceptors (Lipinski definition) is 8. The maximum absolute atomic E-state index is 5.01. The third-order valence-corrected chi connectivity index (χ3v) is 22.1. The van der Waals surface area contributed by atoms with Gasteiger partial charge in [-0.15, -0.1) is 0 Å². The predicted octanol–water partition coefficient (Wildman–Crippen LogP) is 27.9. The fourth-order valence-electron chi connectivity index (χ4n) is 16.2. The molecular weight excluding hydrogens is 1490 g/mol. The fraction of sp³-hybridized carbons (Fsp3) is 0. The van der Waals surface area contributed by atoms with Crippen LogP contribution in [0.15, 0.2) is 429 Å². The highest BCUT2D eigenvalue weighted by Crippen LogP contribution is 2.57. The molecule has 0 atom stereocenters. The van der Waals surface area contributed by atoms with Crippen molar-refractivity contribution in [3.63, 3.8) is 0 Å². The van der Waals surface area contributed by atoms with Crippen LogP contribution in [-0.2, 0) is 0 Å². The molecule has 0 aliphatic carbocycles. The van der Waals surface area contributed by atoms with Gasteiger partial charge in [0, 0.05) is 122 Å². The van der Waals surface area contributed by atoms with Crippen LogP contribution >= 0.6 is 15.9 Å². The molecule has 0 unspecified atom stereocenters. The Kier molecular flexibility index (Phi) is 19.0. The molecular formula is C106H71BrN10. The van der Waals surface area contributed by atoms with Crippen molar-refractivity contribution in [3.05, 3.63) is 429 Å². The molecule has 552 valence electrons. The molecule has 4 aromatic heterocycles. The van der Waals surface area contributed by atoms with Crippen molar-refractivity contribution in [1.29, 1.82) is 0 Å². The quantitative estimate of drug-likeness (QED) is 0.137. The lowest BCUT2D eigenvalue weighted by Gasteiger charge is -2.27. The zero-order chi connectivity index (χ0) is 78.0. The molecule has 0 saturated carbocycles. The van der Waals surface area contributed by atoms with Crippen LogP contribution < -0.4 is 10.2 Å². The molecule has 11 heteroatoms. The molecule has 22 rings (SSSR count). The van der Waals surface area contributed by atoms with E-state index in [1.807, 2.05) is 146 Å². The van der Waals surface area contributed by atoms with Crippen LogP contribution in [0.1, 0.15) is 0 Å². The number of hydrogen-bond donors (Lipinski definition) is 1. The van der Waals surface area contributed by atoms with Gasteiger partial charge in [-0.25, -0.2) is 29.9 Å². The van der Waals surface area contributed by atoms with E-state index >= 15 is 0 Å². The standard InChI is InChI=1S/C53H35N5.C32H22N2.C21H14BrN3/c1-5-18-36(19-6-1)42-28-17-29-45-48-43-26-13-15-30-46(43)57(47-31-16-14-27-44(47)50(48)58(49(42)45)40-24-11-4-12-25-40)41-34-32-39(33-35-41)53-55-51(37-20-7-2-8-21-37)54-52(56-53)38-22-9-3-10-23-38;1-3-12-22(13-4-1)24-18-11-19-27-30-25-16-7-9-20-28(25)33-29-21-10-8-17-26(29)32(30)34(31(24)27)23-14-5-2-6-15-23;22-18-13-11-17(12-14-18)21-24-19(15-7-3-1-4-8-15)23-20(25-21)16-9-5-2-6-10-16/h1-35H;1-21,33H;1-14H. The lowest BCUT2D eigenvalue weighted by Crippen LogP contribution is -2.11. The number of aromatic nitrogens is 8. The summed E-state index contributed by atoms with van der Waals surface area (Å²) in [5.41, 5.74) is 30.3. The highest BCUT2D eigenvalue weighted by Gasteiger charge is 2.34. The molecule has 16 aromatic carbocycles. The summed E-state index contributed by atoms with van der Waals surface area (Å²) in [6.45, 7) is 0. The van der Waals surface area contributed by atoms with Crippen LogP contribution in [0.5, 0.6) is 0 Å². The molecule has 2 aliphatic rings. The van der Waals surface area contributed by atoms with Gasteiger partial charge in [0.1, 0.15) is 0 Å². The molecule has 0 bridgehead atoms. The zero-order valence-electron chi connectivity index (χ0n) is 63.3. The summed E-state index contributed by atoms with van der Waals surface area (Å²) in [4.78, 5) is 31.4. The van der Waals surface area contributed by atoms with Gasteiger partial charge in [-0.3, -0.25) is 0 Å². The third kappa shape index (κ3) is 13.6. The van der Waals surface area contributed by atoms with E-state index in [1.54, 1.807) is 0 Å². The van der Waals surface area contributed by atoms with E-state index < -0.39 is 0 Å². The van der Waals surface area contributed by atoms with Crippen molar-refractivity contribution in [2.75, 3.05) is 10.2 Å². The van der Waals surface area contributed by atoms with Gasteiger partial charge in [0.05, 0.1) is 33.8 Å². The fourth-order valence-corrected chi connectivity index (χ4v) is 16.5. The van der Waals surface area contributed by atoms with Gasteiger partial charge in [-0.2, -0.15) is 0 Å². The first kappa shape index (κ1) is 70.8. The predicted molar refractivity (Wildman–Crippen MR) is 484 cm³/mol. The van der Waals surface area contributed by atoms with E-state index in [9.17, 15) is 0 Å². The maximum Gasteiger partial charge on any atom is 0.164 e. The summed E-state index contributed by atoms with van der Waals surface area (Å²) in [5, 5.41) is 6.17. The smallest absolute Gasteiger partial charge is 0.164 e. The average Bonchev–Trinajstić information content (AvgIpc) is 1.54. The van der Waals surface area contributed by atoms with Gasteiger partial charge in [0.2, 0.25) is 0 Å². The van der Waals surface area contributed by atoms with Gasteiger partial charge in [-0.1, -0.05) is 356 Å². The second-order valence-corrected chi connectivity index (χ2v) is 29.6. The van der Waals surface area contributed by atoms with Crippen LogP contribution in [-0.4, -0.2) is 39.0 Å². The molecule has 0 amide bonds. The van der Waals surface area contributed by atoms with Crippen LogP contribution in [0.25, 0.3) is 169 Å². The number of halogens is 1. The van der Waals surface area contributed by atoms with E-state index in [0.29, 0.717) is 34.9 Å². The van der Waals surface area contributed by atoms with E-state index in [2.05, 4.69) is 319 Å². The molecule has 0 spiro atoms. The Hall–Kier alpha value is -15.3. The number of fused-ring (bicyclic) bond motifs is 14. The summed E-state index contributed by atoms with van der Waals surface area (Å²) in [6.07, 6.45) is 0. The van der Waals surface area contributed by atoms with Crippen LogP contribution in [0, 0.1) is 0 Å². The Labute approximate surface area is 686 Å².